The predicted octanol–water partition coefficient (Wildman–Crippen LogP) is 5.90. The minimum atomic E-state index is -1.03. The van der Waals surface area contributed by atoms with Crippen LogP contribution in [0.1, 0.15) is 45.4 Å². The predicted molar refractivity (Wildman–Crippen MR) is 129 cm³/mol. The van der Waals surface area contributed by atoms with Gasteiger partial charge in [0.25, 0.3) is 0 Å². The van der Waals surface area contributed by atoms with Gasteiger partial charge < -0.3 is 14.2 Å². The molecule has 7 heteroatoms. The number of aromatic nitrogens is 2. The van der Waals surface area contributed by atoms with Crippen LogP contribution in [-0.4, -0.2) is 43.3 Å². The summed E-state index contributed by atoms with van der Waals surface area (Å²) in [7, 11) is -1.03. The molecule has 1 fully saturated rings. The summed E-state index contributed by atoms with van der Waals surface area (Å²) in [5, 5.41) is 0. The lowest BCUT2D eigenvalue weighted by molar-refractivity contribution is -0.144. The van der Waals surface area contributed by atoms with Crippen molar-refractivity contribution in [1.82, 2.24) is 9.97 Å². The van der Waals surface area contributed by atoms with E-state index in [0.29, 0.717) is 30.5 Å². The Morgan fingerprint density at radius 1 is 1.06 bits per heavy atom. The van der Waals surface area contributed by atoms with Gasteiger partial charge in [-0.1, -0.05) is 51.4 Å². The molecule has 1 aromatic heterocycles. The minimum absolute atomic E-state index is 0.333. The standard InChI is InChI=1S/C25H36N2O4Si/c1-4-5-16-32(2,3)17-7-6-14-29-22-18-26-24(27-19-22)20-10-12-21(13-11-20)31-25(28)23-9-8-15-30-23/h10-13,18-19,23H,4-9,14-17H2,1-3H3/t23-/m1/s1. The van der Waals surface area contributed by atoms with Gasteiger partial charge in [0.05, 0.1) is 19.0 Å². The maximum Gasteiger partial charge on any atom is 0.340 e. The molecular formula is C25H36N2O4Si. The second-order valence-electron chi connectivity index (χ2n) is 9.26. The number of ether oxygens (including phenoxy) is 3. The Labute approximate surface area is 192 Å². The van der Waals surface area contributed by atoms with E-state index in [1.54, 1.807) is 24.5 Å². The van der Waals surface area contributed by atoms with Crippen LogP contribution in [-0.2, 0) is 9.53 Å². The first-order chi connectivity index (χ1) is 15.5. The number of benzene rings is 1. The molecule has 0 bridgehead atoms. The Kier molecular flexibility index (Phi) is 9.23. The molecule has 0 N–H and O–H groups in total. The second kappa shape index (κ2) is 12.1. The third-order valence-corrected chi connectivity index (χ3v) is 9.29. The first kappa shape index (κ1) is 24.4. The highest BCUT2D eigenvalue weighted by molar-refractivity contribution is 6.77. The van der Waals surface area contributed by atoms with Crippen molar-refractivity contribution in [1.29, 1.82) is 0 Å². The van der Waals surface area contributed by atoms with Crippen molar-refractivity contribution in [2.24, 2.45) is 0 Å². The zero-order chi connectivity index (χ0) is 22.8. The summed E-state index contributed by atoms with van der Waals surface area (Å²) < 4.78 is 16.6. The molecule has 0 amide bonds. The molecule has 0 unspecified atom stereocenters. The molecule has 1 atom stereocenters. The molecule has 0 spiro atoms. The van der Waals surface area contributed by atoms with E-state index in [-0.39, 0.29) is 5.97 Å². The molecule has 32 heavy (non-hydrogen) atoms. The van der Waals surface area contributed by atoms with Gasteiger partial charge in [-0.2, -0.15) is 0 Å². The van der Waals surface area contributed by atoms with Gasteiger partial charge in [0.1, 0.15) is 5.75 Å². The van der Waals surface area contributed by atoms with E-state index < -0.39 is 14.2 Å². The third-order valence-electron chi connectivity index (χ3n) is 5.88. The highest BCUT2D eigenvalue weighted by Crippen LogP contribution is 2.23. The van der Waals surface area contributed by atoms with E-state index in [1.807, 2.05) is 12.1 Å². The number of unbranched alkanes of at least 4 members (excludes halogenated alkanes) is 2. The van der Waals surface area contributed by atoms with Crippen LogP contribution in [0.5, 0.6) is 11.5 Å². The summed E-state index contributed by atoms with van der Waals surface area (Å²) in [5.41, 5.74) is 0.854. The van der Waals surface area contributed by atoms with Crippen molar-refractivity contribution < 1.29 is 19.0 Å². The van der Waals surface area contributed by atoms with Gasteiger partial charge in [-0.3, -0.25) is 0 Å². The molecule has 0 saturated carbocycles. The van der Waals surface area contributed by atoms with E-state index in [1.165, 1.54) is 31.4 Å². The van der Waals surface area contributed by atoms with Gasteiger partial charge in [0.2, 0.25) is 0 Å². The molecule has 0 radical (unpaired) electrons. The first-order valence-corrected chi connectivity index (χ1v) is 15.3. The monoisotopic (exact) mass is 456 g/mol. The lowest BCUT2D eigenvalue weighted by Crippen LogP contribution is -2.24. The van der Waals surface area contributed by atoms with E-state index in [0.717, 1.165) is 24.8 Å². The molecular weight excluding hydrogens is 420 g/mol. The average molecular weight is 457 g/mol. The van der Waals surface area contributed by atoms with Crippen molar-refractivity contribution in [2.75, 3.05) is 13.2 Å². The summed E-state index contributed by atoms with van der Waals surface area (Å²) in [4.78, 5) is 20.9. The Balaban J connectivity index is 1.41. The van der Waals surface area contributed by atoms with Gasteiger partial charge >= 0.3 is 5.97 Å². The molecule has 174 valence electrons. The SMILES string of the molecule is CCCC[Si](C)(C)CCCCOc1cnc(-c2ccc(OC(=O)[C@H]3CCCO3)cc2)nc1. The summed E-state index contributed by atoms with van der Waals surface area (Å²) >= 11 is 0. The van der Waals surface area contributed by atoms with Crippen molar-refractivity contribution in [3.05, 3.63) is 36.7 Å². The van der Waals surface area contributed by atoms with Crippen LogP contribution in [0.4, 0.5) is 0 Å². The van der Waals surface area contributed by atoms with Crippen molar-refractivity contribution >= 4 is 14.0 Å². The fraction of sp³-hybridized carbons (Fsp3) is 0.560. The van der Waals surface area contributed by atoms with Crippen LogP contribution < -0.4 is 9.47 Å². The van der Waals surface area contributed by atoms with Crippen LogP contribution in [0.3, 0.4) is 0 Å². The minimum Gasteiger partial charge on any atom is -0.490 e. The number of rotatable bonds is 12. The topological polar surface area (TPSA) is 70.5 Å². The number of nitrogens with zero attached hydrogens (tertiary/aromatic N) is 2. The van der Waals surface area contributed by atoms with Gasteiger partial charge in [-0.05, 0) is 43.5 Å². The first-order valence-electron chi connectivity index (χ1n) is 11.9. The third kappa shape index (κ3) is 7.71. The molecule has 1 aliphatic heterocycles. The molecule has 1 aromatic carbocycles. The Morgan fingerprint density at radius 2 is 1.78 bits per heavy atom. The smallest absolute Gasteiger partial charge is 0.340 e. The Hall–Kier alpha value is -2.25. The van der Waals surface area contributed by atoms with E-state index in [4.69, 9.17) is 14.2 Å². The summed E-state index contributed by atoms with van der Waals surface area (Å²) in [5.74, 6) is 1.46. The van der Waals surface area contributed by atoms with Gasteiger partial charge in [-0.25, -0.2) is 14.8 Å². The van der Waals surface area contributed by atoms with Crippen molar-refractivity contribution in [2.45, 2.75) is 76.7 Å². The maximum absolute atomic E-state index is 12.0. The zero-order valence-corrected chi connectivity index (χ0v) is 20.6. The number of hydrogen-bond acceptors (Lipinski definition) is 6. The number of esters is 1. The summed E-state index contributed by atoms with van der Waals surface area (Å²) in [6.07, 6.45) is 9.56. The fourth-order valence-electron chi connectivity index (χ4n) is 3.83. The lowest BCUT2D eigenvalue weighted by Gasteiger charge is -2.21. The highest BCUT2D eigenvalue weighted by atomic mass is 28.3. The maximum atomic E-state index is 12.0. The van der Waals surface area contributed by atoms with E-state index in [2.05, 4.69) is 30.0 Å². The Morgan fingerprint density at radius 3 is 2.44 bits per heavy atom. The van der Waals surface area contributed by atoms with Crippen molar-refractivity contribution in [3.8, 4) is 22.9 Å². The van der Waals surface area contributed by atoms with E-state index in [9.17, 15) is 4.79 Å². The fourth-order valence-corrected chi connectivity index (χ4v) is 6.60. The van der Waals surface area contributed by atoms with Crippen LogP contribution >= 0.6 is 0 Å². The number of carbonyl (C=O) groups excluding carboxylic acids is 1. The number of carbonyl (C=O) groups is 1. The Bertz CT molecular complexity index is 834. The van der Waals surface area contributed by atoms with Gasteiger partial charge in [0.15, 0.2) is 17.7 Å². The molecule has 2 aromatic rings. The normalized spacial score (nSPS) is 16.2. The van der Waals surface area contributed by atoms with Gasteiger partial charge in [-0.15, -0.1) is 0 Å². The average Bonchev–Trinajstić information content (AvgIpc) is 3.34. The van der Waals surface area contributed by atoms with Crippen LogP contribution in [0.25, 0.3) is 11.4 Å². The molecule has 3 rings (SSSR count). The molecule has 1 aliphatic rings. The summed E-state index contributed by atoms with van der Waals surface area (Å²) in [6, 6.07) is 9.99. The van der Waals surface area contributed by atoms with Crippen molar-refractivity contribution in [3.63, 3.8) is 0 Å². The van der Waals surface area contributed by atoms with Gasteiger partial charge in [0, 0.05) is 20.2 Å². The van der Waals surface area contributed by atoms with Crippen LogP contribution in [0.2, 0.25) is 25.2 Å². The van der Waals surface area contributed by atoms with Crippen LogP contribution in [0, 0.1) is 0 Å². The number of hydrogen-bond donors (Lipinski definition) is 0. The summed E-state index contributed by atoms with van der Waals surface area (Å²) in [6.45, 7) is 8.58. The highest BCUT2D eigenvalue weighted by Gasteiger charge is 2.25. The zero-order valence-electron chi connectivity index (χ0n) is 19.6. The molecule has 2 heterocycles. The molecule has 1 saturated heterocycles. The quantitative estimate of drug-likeness (QED) is 0.171. The van der Waals surface area contributed by atoms with Crippen LogP contribution in [0.15, 0.2) is 36.7 Å². The molecule has 0 aliphatic carbocycles. The van der Waals surface area contributed by atoms with E-state index >= 15 is 0 Å². The largest absolute Gasteiger partial charge is 0.490 e. The second-order valence-corrected chi connectivity index (χ2v) is 14.6. The lowest BCUT2D eigenvalue weighted by atomic mass is 10.2. The molecule has 6 nitrogen and oxygen atoms in total.